The molecular weight excluding hydrogens is 544 g/mol. The fourth-order valence-electron chi connectivity index (χ4n) is 4.58. The summed E-state index contributed by atoms with van der Waals surface area (Å²) in [5.74, 6) is -1.15. The number of amides is 2. The van der Waals surface area contributed by atoms with E-state index in [9.17, 15) is 14.4 Å². The second-order valence-corrected chi connectivity index (χ2v) is 9.96. The first-order chi connectivity index (χ1) is 20.9. The number of rotatable bonds is 11. The maximum absolute atomic E-state index is 13.5. The summed E-state index contributed by atoms with van der Waals surface area (Å²) < 4.78 is 10.4. The van der Waals surface area contributed by atoms with Gasteiger partial charge in [0.15, 0.2) is 0 Å². The van der Waals surface area contributed by atoms with Crippen molar-refractivity contribution >= 4 is 23.5 Å². The first kappa shape index (κ1) is 30.6. The van der Waals surface area contributed by atoms with Crippen LogP contribution >= 0.6 is 0 Å². The first-order valence-corrected chi connectivity index (χ1v) is 13.8. The number of esters is 1. The van der Waals surface area contributed by atoms with E-state index in [2.05, 4.69) is 15.3 Å². The number of benzene rings is 2. The van der Waals surface area contributed by atoms with E-state index in [0.717, 1.165) is 11.1 Å². The standard InChI is InChI=1S/C34H34N4O5/c1-24(32(39)38(2)22-26-11-7-17-35-20-26)19-30(29-12-8-18-36-21-29)31(27-13-15-28(16-14-27)33(40)42-3)37-34(41)43-23-25-9-5-4-6-10-25/h4-21,24,31H,22-23H2,1-3H3,(H,37,41)/b30-19+/t24-,31?/m1/s1. The average molecular weight is 579 g/mol. The molecule has 0 radical (unpaired) electrons. The number of nitrogens with one attached hydrogen (secondary N) is 1. The van der Waals surface area contributed by atoms with Crippen LogP contribution in [0.15, 0.2) is 110 Å². The molecule has 0 spiro atoms. The van der Waals surface area contributed by atoms with Crippen LogP contribution in [0.4, 0.5) is 4.79 Å². The van der Waals surface area contributed by atoms with Gasteiger partial charge in [0.25, 0.3) is 0 Å². The van der Waals surface area contributed by atoms with E-state index in [1.165, 1.54) is 7.11 Å². The SMILES string of the molecule is COC(=O)c1ccc(C(NC(=O)OCc2ccccc2)/C(=C/[C@@H](C)C(=O)N(C)Cc2cccnc2)c2cccnc2)cc1. The summed E-state index contributed by atoms with van der Waals surface area (Å²) in [6.07, 6.45) is 7.93. The third-order valence-corrected chi connectivity index (χ3v) is 6.78. The summed E-state index contributed by atoms with van der Waals surface area (Å²) in [5.41, 5.74) is 4.14. The number of methoxy groups -OCH3 is 1. The Hall–Kier alpha value is -5.31. The van der Waals surface area contributed by atoms with Gasteiger partial charge in [-0.15, -0.1) is 0 Å². The number of ether oxygens (including phenoxy) is 2. The van der Waals surface area contributed by atoms with Crippen molar-refractivity contribution in [3.63, 3.8) is 0 Å². The van der Waals surface area contributed by atoms with Gasteiger partial charge in [0, 0.05) is 38.4 Å². The number of nitrogens with zero attached hydrogens (tertiary/aromatic N) is 3. The van der Waals surface area contributed by atoms with Crippen molar-refractivity contribution in [3.8, 4) is 0 Å². The summed E-state index contributed by atoms with van der Waals surface area (Å²) >= 11 is 0. The molecule has 2 aromatic carbocycles. The lowest BCUT2D eigenvalue weighted by molar-refractivity contribution is -0.132. The van der Waals surface area contributed by atoms with Crippen LogP contribution < -0.4 is 5.32 Å². The van der Waals surface area contributed by atoms with Crippen LogP contribution in [0.3, 0.4) is 0 Å². The van der Waals surface area contributed by atoms with Crippen molar-refractivity contribution < 1.29 is 23.9 Å². The highest BCUT2D eigenvalue weighted by molar-refractivity contribution is 5.89. The number of hydrogen-bond acceptors (Lipinski definition) is 7. The van der Waals surface area contributed by atoms with Gasteiger partial charge in [-0.3, -0.25) is 14.8 Å². The average Bonchev–Trinajstić information content (AvgIpc) is 3.06. The van der Waals surface area contributed by atoms with Crippen molar-refractivity contribution in [2.45, 2.75) is 26.1 Å². The molecule has 0 aliphatic heterocycles. The van der Waals surface area contributed by atoms with Gasteiger partial charge >= 0.3 is 12.1 Å². The highest BCUT2D eigenvalue weighted by Crippen LogP contribution is 2.32. The van der Waals surface area contributed by atoms with E-state index in [-0.39, 0.29) is 12.5 Å². The zero-order valence-electron chi connectivity index (χ0n) is 24.3. The lowest BCUT2D eigenvalue weighted by Crippen LogP contribution is -2.32. The molecule has 2 aromatic heterocycles. The molecule has 0 fully saturated rings. The Labute approximate surface area is 251 Å². The van der Waals surface area contributed by atoms with Crippen LogP contribution in [0.1, 0.15) is 45.6 Å². The summed E-state index contributed by atoms with van der Waals surface area (Å²) in [7, 11) is 3.06. The Morgan fingerprint density at radius 3 is 2.16 bits per heavy atom. The number of carbonyl (C=O) groups is 3. The van der Waals surface area contributed by atoms with Gasteiger partial charge in [-0.05, 0) is 52.1 Å². The lowest BCUT2D eigenvalue weighted by atomic mass is 9.90. The Morgan fingerprint density at radius 2 is 1.53 bits per heavy atom. The quantitative estimate of drug-likeness (QED) is 0.230. The van der Waals surface area contributed by atoms with Crippen molar-refractivity contribution in [2.75, 3.05) is 14.2 Å². The van der Waals surface area contributed by atoms with Gasteiger partial charge in [0.05, 0.1) is 24.6 Å². The molecule has 2 atom stereocenters. The van der Waals surface area contributed by atoms with Crippen LogP contribution in [0.5, 0.6) is 0 Å². The maximum atomic E-state index is 13.5. The van der Waals surface area contributed by atoms with E-state index in [1.54, 1.807) is 67.1 Å². The van der Waals surface area contributed by atoms with Gasteiger partial charge in [-0.2, -0.15) is 0 Å². The van der Waals surface area contributed by atoms with Crippen LogP contribution in [0, 0.1) is 5.92 Å². The Morgan fingerprint density at radius 1 is 0.860 bits per heavy atom. The topological polar surface area (TPSA) is 111 Å². The zero-order valence-corrected chi connectivity index (χ0v) is 24.3. The van der Waals surface area contributed by atoms with Crippen molar-refractivity contribution in [1.29, 1.82) is 0 Å². The Balaban J connectivity index is 1.68. The minimum absolute atomic E-state index is 0.0840. The van der Waals surface area contributed by atoms with Crippen molar-refractivity contribution in [3.05, 3.63) is 138 Å². The largest absolute Gasteiger partial charge is 0.465 e. The Kier molecular flexibility index (Phi) is 10.7. The highest BCUT2D eigenvalue weighted by Gasteiger charge is 2.25. The predicted octanol–water partition coefficient (Wildman–Crippen LogP) is 5.61. The molecule has 1 N–H and O–H groups in total. The smallest absolute Gasteiger partial charge is 0.408 e. The molecule has 220 valence electrons. The summed E-state index contributed by atoms with van der Waals surface area (Å²) in [5, 5.41) is 2.97. The second kappa shape index (κ2) is 15.1. The van der Waals surface area contributed by atoms with E-state index < -0.39 is 24.0 Å². The van der Waals surface area contributed by atoms with Gasteiger partial charge in [0.2, 0.25) is 5.91 Å². The van der Waals surface area contributed by atoms with Crippen molar-refractivity contribution in [1.82, 2.24) is 20.2 Å². The number of alkyl carbamates (subject to hydrolysis) is 1. The molecule has 0 aliphatic carbocycles. The fraction of sp³-hybridized carbons (Fsp3) is 0.206. The highest BCUT2D eigenvalue weighted by atomic mass is 16.5. The molecular formula is C34H34N4O5. The molecule has 9 heteroatoms. The van der Waals surface area contributed by atoms with Crippen LogP contribution in [0.25, 0.3) is 5.57 Å². The first-order valence-electron chi connectivity index (χ1n) is 13.8. The number of carbonyl (C=O) groups excluding carboxylic acids is 3. The van der Waals surface area contributed by atoms with Gasteiger partial charge in [-0.25, -0.2) is 9.59 Å². The molecule has 9 nitrogen and oxygen atoms in total. The molecule has 43 heavy (non-hydrogen) atoms. The molecule has 2 heterocycles. The lowest BCUT2D eigenvalue weighted by Gasteiger charge is -2.25. The van der Waals surface area contributed by atoms with Crippen LogP contribution in [0.2, 0.25) is 0 Å². The maximum Gasteiger partial charge on any atom is 0.408 e. The summed E-state index contributed by atoms with van der Waals surface area (Å²) in [4.78, 5) is 48.8. The monoisotopic (exact) mass is 578 g/mol. The fourth-order valence-corrected chi connectivity index (χ4v) is 4.58. The number of aromatic nitrogens is 2. The molecule has 1 unspecified atom stereocenters. The minimum Gasteiger partial charge on any atom is -0.465 e. The van der Waals surface area contributed by atoms with E-state index in [0.29, 0.717) is 28.8 Å². The normalized spacial score (nSPS) is 12.5. The van der Waals surface area contributed by atoms with E-state index >= 15 is 0 Å². The third kappa shape index (κ3) is 8.59. The van der Waals surface area contributed by atoms with Gasteiger partial charge in [0.1, 0.15) is 6.61 Å². The second-order valence-electron chi connectivity index (χ2n) is 9.96. The number of hydrogen-bond donors (Lipinski definition) is 1. The van der Waals surface area contributed by atoms with E-state index in [4.69, 9.17) is 9.47 Å². The molecule has 0 bridgehead atoms. The molecule has 0 saturated heterocycles. The van der Waals surface area contributed by atoms with Gasteiger partial charge in [-0.1, -0.05) is 67.6 Å². The zero-order chi connectivity index (χ0) is 30.6. The summed E-state index contributed by atoms with van der Waals surface area (Å²) in [6, 6.07) is 22.7. The Bertz CT molecular complexity index is 1530. The molecule has 0 aliphatic rings. The molecule has 4 aromatic rings. The predicted molar refractivity (Wildman–Crippen MR) is 162 cm³/mol. The third-order valence-electron chi connectivity index (χ3n) is 6.78. The van der Waals surface area contributed by atoms with Crippen molar-refractivity contribution in [2.24, 2.45) is 5.92 Å². The minimum atomic E-state index is -0.738. The van der Waals surface area contributed by atoms with Crippen LogP contribution in [-0.2, 0) is 27.4 Å². The van der Waals surface area contributed by atoms with Gasteiger partial charge < -0.3 is 19.7 Å². The molecule has 0 saturated carbocycles. The molecule has 4 rings (SSSR count). The van der Waals surface area contributed by atoms with Crippen LogP contribution in [-0.4, -0.2) is 47.0 Å². The summed E-state index contributed by atoms with van der Waals surface area (Å²) in [6.45, 7) is 2.29. The van der Waals surface area contributed by atoms with E-state index in [1.807, 2.05) is 61.5 Å². The number of pyridine rings is 2. The molecule has 2 amide bonds.